The minimum atomic E-state index is 0.658. The monoisotopic (exact) mass is 194 g/mol. The second-order valence-corrected chi connectivity index (χ2v) is 4.04. The second kappa shape index (κ2) is 4.15. The average molecular weight is 194 g/mol. The van der Waals surface area contributed by atoms with Gasteiger partial charge in [-0.05, 0) is 32.0 Å². The van der Waals surface area contributed by atoms with E-state index in [0.717, 1.165) is 18.8 Å². The van der Waals surface area contributed by atoms with Crippen LogP contribution in [0.3, 0.4) is 0 Å². The molecule has 2 rings (SSSR count). The van der Waals surface area contributed by atoms with E-state index in [0.29, 0.717) is 6.04 Å². The largest absolute Gasteiger partial charge is 0.468 e. The summed E-state index contributed by atoms with van der Waals surface area (Å²) in [5, 5.41) is 3.32. The highest BCUT2D eigenvalue weighted by atomic mass is 16.3. The summed E-state index contributed by atoms with van der Waals surface area (Å²) >= 11 is 0. The van der Waals surface area contributed by atoms with Gasteiger partial charge in [0.1, 0.15) is 5.76 Å². The highest BCUT2D eigenvalue weighted by Crippen LogP contribution is 2.16. The smallest absolute Gasteiger partial charge is 0.120 e. The Morgan fingerprint density at radius 1 is 1.64 bits per heavy atom. The van der Waals surface area contributed by atoms with Crippen molar-refractivity contribution in [2.75, 3.05) is 20.1 Å². The first kappa shape index (κ1) is 9.74. The third-order valence-corrected chi connectivity index (χ3v) is 3.02. The van der Waals surface area contributed by atoms with Crippen molar-refractivity contribution in [3.8, 4) is 0 Å². The van der Waals surface area contributed by atoms with E-state index in [9.17, 15) is 0 Å². The molecule has 14 heavy (non-hydrogen) atoms. The normalized spacial score (nSPS) is 23.1. The van der Waals surface area contributed by atoms with Crippen LogP contribution in [0.25, 0.3) is 0 Å². The van der Waals surface area contributed by atoms with E-state index in [2.05, 4.69) is 17.1 Å². The van der Waals surface area contributed by atoms with Crippen molar-refractivity contribution < 1.29 is 4.42 Å². The van der Waals surface area contributed by atoms with Crippen molar-refractivity contribution >= 4 is 0 Å². The SMILES string of the molecule is CNC1CCN(Cc2occc2C)C1. The highest BCUT2D eigenvalue weighted by molar-refractivity contribution is 5.14. The lowest BCUT2D eigenvalue weighted by Gasteiger charge is -2.14. The molecule has 0 aromatic carbocycles. The lowest BCUT2D eigenvalue weighted by atomic mass is 10.2. The second-order valence-electron chi connectivity index (χ2n) is 4.04. The third-order valence-electron chi connectivity index (χ3n) is 3.02. The Morgan fingerprint density at radius 2 is 2.50 bits per heavy atom. The number of nitrogens with zero attached hydrogens (tertiary/aromatic N) is 1. The van der Waals surface area contributed by atoms with Crippen molar-refractivity contribution in [3.63, 3.8) is 0 Å². The zero-order chi connectivity index (χ0) is 9.97. The molecule has 2 heterocycles. The maximum atomic E-state index is 5.43. The van der Waals surface area contributed by atoms with Crippen LogP contribution < -0.4 is 5.32 Å². The molecule has 1 fully saturated rings. The summed E-state index contributed by atoms with van der Waals surface area (Å²) in [6.07, 6.45) is 3.02. The Hall–Kier alpha value is -0.800. The molecule has 1 N–H and O–H groups in total. The van der Waals surface area contributed by atoms with Gasteiger partial charge in [0.2, 0.25) is 0 Å². The summed E-state index contributed by atoms with van der Waals surface area (Å²) < 4.78 is 5.43. The predicted molar refractivity (Wildman–Crippen MR) is 56.2 cm³/mol. The van der Waals surface area contributed by atoms with Crippen LogP contribution in [0.4, 0.5) is 0 Å². The van der Waals surface area contributed by atoms with Crippen LogP contribution in [-0.4, -0.2) is 31.1 Å². The number of hydrogen-bond acceptors (Lipinski definition) is 3. The summed E-state index contributed by atoms with van der Waals surface area (Å²) in [5.74, 6) is 1.11. The molecule has 1 aliphatic rings. The average Bonchev–Trinajstić information content (AvgIpc) is 2.77. The van der Waals surface area contributed by atoms with Crippen LogP contribution in [-0.2, 0) is 6.54 Å². The first-order valence-electron chi connectivity index (χ1n) is 5.22. The zero-order valence-electron chi connectivity index (χ0n) is 8.92. The van der Waals surface area contributed by atoms with E-state index in [1.807, 2.05) is 13.1 Å². The number of aryl methyl sites for hydroxylation is 1. The number of furan rings is 1. The van der Waals surface area contributed by atoms with E-state index in [-0.39, 0.29) is 0 Å². The molecule has 1 unspecified atom stereocenters. The number of likely N-dealkylation sites (N-methyl/N-ethyl adjacent to an activating group) is 1. The van der Waals surface area contributed by atoms with Crippen LogP contribution >= 0.6 is 0 Å². The summed E-state index contributed by atoms with van der Waals surface area (Å²) in [4.78, 5) is 2.44. The Bertz CT molecular complexity index is 295. The molecule has 0 radical (unpaired) electrons. The van der Waals surface area contributed by atoms with Gasteiger partial charge in [-0.25, -0.2) is 0 Å². The molecule has 0 spiro atoms. The minimum absolute atomic E-state index is 0.658. The third kappa shape index (κ3) is 1.99. The van der Waals surface area contributed by atoms with Gasteiger partial charge >= 0.3 is 0 Å². The lowest BCUT2D eigenvalue weighted by Crippen LogP contribution is -2.29. The van der Waals surface area contributed by atoms with Crippen LogP contribution in [0.2, 0.25) is 0 Å². The molecule has 1 aromatic rings. The van der Waals surface area contributed by atoms with Crippen molar-refractivity contribution in [2.24, 2.45) is 0 Å². The summed E-state index contributed by atoms with van der Waals surface area (Å²) in [6, 6.07) is 2.69. The lowest BCUT2D eigenvalue weighted by molar-refractivity contribution is 0.290. The van der Waals surface area contributed by atoms with Gasteiger partial charge in [-0.2, -0.15) is 0 Å². The number of hydrogen-bond donors (Lipinski definition) is 1. The molecular weight excluding hydrogens is 176 g/mol. The van der Waals surface area contributed by atoms with Crippen molar-refractivity contribution in [1.29, 1.82) is 0 Å². The van der Waals surface area contributed by atoms with Crippen molar-refractivity contribution in [1.82, 2.24) is 10.2 Å². The molecular formula is C11H18N2O. The van der Waals surface area contributed by atoms with Crippen molar-refractivity contribution in [3.05, 3.63) is 23.7 Å². The van der Waals surface area contributed by atoms with Gasteiger partial charge in [-0.3, -0.25) is 4.90 Å². The molecule has 1 atom stereocenters. The highest BCUT2D eigenvalue weighted by Gasteiger charge is 2.21. The Balaban J connectivity index is 1.90. The Morgan fingerprint density at radius 3 is 3.07 bits per heavy atom. The molecule has 0 bridgehead atoms. The molecule has 1 aliphatic heterocycles. The van der Waals surface area contributed by atoms with Crippen LogP contribution in [0.1, 0.15) is 17.7 Å². The summed E-state index contributed by atoms with van der Waals surface area (Å²) in [5.41, 5.74) is 1.26. The quantitative estimate of drug-likeness (QED) is 0.788. The summed E-state index contributed by atoms with van der Waals surface area (Å²) in [6.45, 7) is 5.36. The zero-order valence-corrected chi connectivity index (χ0v) is 8.92. The van der Waals surface area contributed by atoms with Gasteiger partial charge in [0.15, 0.2) is 0 Å². The topological polar surface area (TPSA) is 28.4 Å². The number of nitrogens with one attached hydrogen (secondary N) is 1. The molecule has 1 saturated heterocycles. The Kier molecular flexibility index (Phi) is 2.89. The van der Waals surface area contributed by atoms with Gasteiger partial charge in [-0.1, -0.05) is 0 Å². The molecule has 0 saturated carbocycles. The predicted octanol–water partition coefficient (Wildman–Crippen LogP) is 1.38. The fraction of sp³-hybridized carbons (Fsp3) is 0.636. The molecule has 78 valence electrons. The van der Waals surface area contributed by atoms with Crippen LogP contribution in [0.5, 0.6) is 0 Å². The van der Waals surface area contributed by atoms with E-state index in [4.69, 9.17) is 4.42 Å². The molecule has 0 amide bonds. The molecule has 3 heteroatoms. The van der Waals surface area contributed by atoms with Crippen molar-refractivity contribution in [2.45, 2.75) is 25.9 Å². The minimum Gasteiger partial charge on any atom is -0.468 e. The fourth-order valence-corrected chi connectivity index (χ4v) is 1.98. The first-order chi connectivity index (χ1) is 6.79. The van der Waals surface area contributed by atoms with E-state index >= 15 is 0 Å². The van der Waals surface area contributed by atoms with Gasteiger partial charge in [0, 0.05) is 19.1 Å². The standard InChI is InChI=1S/C11H18N2O/c1-9-4-6-14-11(9)8-13-5-3-10(7-13)12-2/h4,6,10,12H,3,5,7-8H2,1-2H3. The van der Waals surface area contributed by atoms with Gasteiger partial charge in [-0.15, -0.1) is 0 Å². The van der Waals surface area contributed by atoms with Gasteiger partial charge in [0.05, 0.1) is 12.8 Å². The first-order valence-corrected chi connectivity index (χ1v) is 5.22. The Labute approximate surface area is 85.1 Å². The van der Waals surface area contributed by atoms with E-state index in [1.54, 1.807) is 6.26 Å². The molecule has 3 nitrogen and oxygen atoms in total. The molecule has 1 aromatic heterocycles. The number of rotatable bonds is 3. The molecule has 0 aliphatic carbocycles. The van der Waals surface area contributed by atoms with Crippen LogP contribution in [0, 0.1) is 6.92 Å². The maximum absolute atomic E-state index is 5.43. The maximum Gasteiger partial charge on any atom is 0.120 e. The van der Waals surface area contributed by atoms with E-state index < -0.39 is 0 Å². The fourth-order valence-electron chi connectivity index (χ4n) is 1.98. The number of likely N-dealkylation sites (tertiary alicyclic amines) is 1. The van der Waals surface area contributed by atoms with Gasteiger partial charge in [0.25, 0.3) is 0 Å². The summed E-state index contributed by atoms with van der Waals surface area (Å²) in [7, 11) is 2.03. The van der Waals surface area contributed by atoms with Crippen LogP contribution in [0.15, 0.2) is 16.7 Å². The van der Waals surface area contributed by atoms with Gasteiger partial charge < -0.3 is 9.73 Å². The van der Waals surface area contributed by atoms with E-state index in [1.165, 1.54) is 18.5 Å².